The molecule has 0 bridgehead atoms. The van der Waals surface area contributed by atoms with Crippen molar-refractivity contribution in [1.29, 1.82) is 0 Å². The van der Waals surface area contributed by atoms with Crippen molar-refractivity contribution in [2.45, 2.75) is 19.8 Å². The summed E-state index contributed by atoms with van der Waals surface area (Å²) in [6.07, 6.45) is 1.67. The molecule has 0 radical (unpaired) electrons. The first kappa shape index (κ1) is 18.7. The Balaban J connectivity index is 1.46. The number of amides is 1. The molecule has 2 aromatic rings. The van der Waals surface area contributed by atoms with Gasteiger partial charge in [0.1, 0.15) is 5.82 Å². The van der Waals surface area contributed by atoms with Gasteiger partial charge in [0.25, 0.3) is 0 Å². The number of hydrogen-bond donors (Lipinski definition) is 1. The molecule has 26 heavy (non-hydrogen) atoms. The summed E-state index contributed by atoms with van der Waals surface area (Å²) in [5, 5.41) is 3.63. The summed E-state index contributed by atoms with van der Waals surface area (Å²) in [7, 11) is 0. The van der Waals surface area contributed by atoms with Crippen molar-refractivity contribution in [1.82, 2.24) is 9.88 Å². The molecule has 1 N–H and O–H groups in total. The van der Waals surface area contributed by atoms with Crippen LogP contribution in [0.25, 0.3) is 0 Å². The van der Waals surface area contributed by atoms with Gasteiger partial charge in [-0.3, -0.25) is 9.69 Å². The SMILES string of the molecule is CC(C)c1ccc(NC(=O)CN2CCN(c3ccc(Cl)cn3)CC2)cc1. The van der Waals surface area contributed by atoms with Gasteiger partial charge in [-0.15, -0.1) is 0 Å². The van der Waals surface area contributed by atoms with E-state index in [0.717, 1.165) is 37.7 Å². The highest BCUT2D eigenvalue weighted by Gasteiger charge is 2.19. The van der Waals surface area contributed by atoms with E-state index in [1.165, 1.54) is 5.56 Å². The van der Waals surface area contributed by atoms with Crippen LogP contribution in [0.5, 0.6) is 0 Å². The molecule has 2 heterocycles. The Morgan fingerprint density at radius 2 is 1.81 bits per heavy atom. The molecule has 1 aromatic heterocycles. The number of hydrogen-bond acceptors (Lipinski definition) is 4. The molecule has 0 aliphatic carbocycles. The molecular weight excluding hydrogens is 348 g/mol. The monoisotopic (exact) mass is 372 g/mol. The molecule has 0 atom stereocenters. The van der Waals surface area contributed by atoms with Crippen LogP contribution in [-0.4, -0.2) is 48.5 Å². The summed E-state index contributed by atoms with van der Waals surface area (Å²) >= 11 is 5.89. The molecule has 6 heteroatoms. The molecule has 1 fully saturated rings. The van der Waals surface area contributed by atoms with E-state index in [1.54, 1.807) is 6.20 Å². The van der Waals surface area contributed by atoms with Crippen molar-refractivity contribution in [2.24, 2.45) is 0 Å². The molecule has 0 unspecified atom stereocenters. The van der Waals surface area contributed by atoms with Gasteiger partial charge in [0.15, 0.2) is 0 Å². The van der Waals surface area contributed by atoms with Crippen molar-refractivity contribution in [3.63, 3.8) is 0 Å². The standard InChI is InChI=1S/C20H25ClN4O/c1-15(2)16-3-6-18(7-4-16)23-20(26)14-24-9-11-25(12-10-24)19-8-5-17(21)13-22-19/h3-8,13,15H,9-12,14H2,1-2H3,(H,23,26). The first-order valence-electron chi connectivity index (χ1n) is 9.00. The average molecular weight is 373 g/mol. The van der Waals surface area contributed by atoms with Crippen LogP contribution in [-0.2, 0) is 4.79 Å². The fraction of sp³-hybridized carbons (Fsp3) is 0.400. The number of carbonyl (C=O) groups is 1. The van der Waals surface area contributed by atoms with Gasteiger partial charge in [0, 0.05) is 38.1 Å². The Hall–Kier alpha value is -2.11. The Labute approximate surface area is 160 Å². The summed E-state index contributed by atoms with van der Waals surface area (Å²) in [5.41, 5.74) is 2.12. The summed E-state index contributed by atoms with van der Waals surface area (Å²) in [6.45, 7) is 8.11. The van der Waals surface area contributed by atoms with E-state index in [4.69, 9.17) is 11.6 Å². The molecular formula is C20H25ClN4O. The number of benzene rings is 1. The summed E-state index contributed by atoms with van der Waals surface area (Å²) in [5.74, 6) is 1.45. The fourth-order valence-electron chi connectivity index (χ4n) is 3.05. The van der Waals surface area contributed by atoms with E-state index in [0.29, 0.717) is 17.5 Å². The lowest BCUT2D eigenvalue weighted by atomic mass is 10.0. The largest absolute Gasteiger partial charge is 0.354 e. The van der Waals surface area contributed by atoms with Crippen molar-refractivity contribution < 1.29 is 4.79 Å². The van der Waals surface area contributed by atoms with Gasteiger partial charge in [-0.25, -0.2) is 4.98 Å². The van der Waals surface area contributed by atoms with E-state index in [9.17, 15) is 4.79 Å². The first-order chi connectivity index (χ1) is 12.5. The maximum absolute atomic E-state index is 12.3. The number of halogens is 1. The number of pyridine rings is 1. The lowest BCUT2D eigenvalue weighted by molar-refractivity contribution is -0.117. The summed E-state index contributed by atoms with van der Waals surface area (Å²) in [6, 6.07) is 11.9. The van der Waals surface area contributed by atoms with E-state index < -0.39 is 0 Å². The minimum atomic E-state index is 0.0281. The number of piperazine rings is 1. The van der Waals surface area contributed by atoms with Crippen LogP contribution in [0.3, 0.4) is 0 Å². The van der Waals surface area contributed by atoms with Gasteiger partial charge in [-0.05, 0) is 35.7 Å². The number of nitrogens with zero attached hydrogens (tertiary/aromatic N) is 3. The van der Waals surface area contributed by atoms with Crippen molar-refractivity contribution in [2.75, 3.05) is 42.9 Å². The van der Waals surface area contributed by atoms with Crippen LogP contribution >= 0.6 is 11.6 Å². The van der Waals surface area contributed by atoms with Gasteiger partial charge in [0.2, 0.25) is 5.91 Å². The van der Waals surface area contributed by atoms with Crippen LogP contribution in [0, 0.1) is 0 Å². The van der Waals surface area contributed by atoms with E-state index in [2.05, 4.69) is 46.1 Å². The smallest absolute Gasteiger partial charge is 0.238 e. The van der Waals surface area contributed by atoms with E-state index in [-0.39, 0.29) is 5.91 Å². The quantitative estimate of drug-likeness (QED) is 0.870. The van der Waals surface area contributed by atoms with Crippen molar-refractivity contribution in [3.05, 3.63) is 53.2 Å². The number of rotatable bonds is 5. The third-order valence-corrected chi connectivity index (χ3v) is 4.86. The minimum Gasteiger partial charge on any atom is -0.354 e. The molecule has 0 spiro atoms. The predicted molar refractivity (Wildman–Crippen MR) is 107 cm³/mol. The molecule has 1 aliphatic rings. The highest BCUT2D eigenvalue weighted by Crippen LogP contribution is 2.18. The Morgan fingerprint density at radius 3 is 2.38 bits per heavy atom. The number of aromatic nitrogens is 1. The van der Waals surface area contributed by atoms with Crippen LogP contribution in [0.15, 0.2) is 42.6 Å². The third kappa shape index (κ3) is 4.96. The summed E-state index contributed by atoms with van der Waals surface area (Å²) < 4.78 is 0. The van der Waals surface area contributed by atoms with Crippen LogP contribution in [0.2, 0.25) is 5.02 Å². The molecule has 1 saturated heterocycles. The second-order valence-electron chi connectivity index (χ2n) is 6.92. The second-order valence-corrected chi connectivity index (χ2v) is 7.36. The van der Waals surface area contributed by atoms with Gasteiger partial charge < -0.3 is 10.2 Å². The van der Waals surface area contributed by atoms with Crippen LogP contribution < -0.4 is 10.2 Å². The molecule has 3 rings (SSSR count). The highest BCUT2D eigenvalue weighted by atomic mass is 35.5. The molecule has 1 amide bonds. The van der Waals surface area contributed by atoms with Gasteiger partial charge in [-0.1, -0.05) is 37.6 Å². The fourth-order valence-corrected chi connectivity index (χ4v) is 3.16. The van der Waals surface area contributed by atoms with Crippen LogP contribution in [0.1, 0.15) is 25.3 Å². The minimum absolute atomic E-state index is 0.0281. The molecule has 5 nitrogen and oxygen atoms in total. The number of anilines is 2. The average Bonchev–Trinajstić information content (AvgIpc) is 2.63. The van der Waals surface area contributed by atoms with Crippen molar-refractivity contribution in [3.8, 4) is 0 Å². The summed E-state index contributed by atoms with van der Waals surface area (Å²) in [4.78, 5) is 21.0. The Bertz CT molecular complexity index is 722. The van der Waals surface area contributed by atoms with Crippen molar-refractivity contribution >= 4 is 29.0 Å². The number of nitrogens with one attached hydrogen (secondary N) is 1. The zero-order valence-corrected chi connectivity index (χ0v) is 16.0. The second kappa shape index (κ2) is 8.52. The molecule has 138 valence electrons. The lowest BCUT2D eigenvalue weighted by Gasteiger charge is -2.35. The number of carbonyl (C=O) groups excluding carboxylic acids is 1. The van der Waals surface area contributed by atoms with Gasteiger partial charge >= 0.3 is 0 Å². The zero-order chi connectivity index (χ0) is 18.5. The van der Waals surface area contributed by atoms with E-state index >= 15 is 0 Å². The topological polar surface area (TPSA) is 48.5 Å². The van der Waals surface area contributed by atoms with Gasteiger partial charge in [-0.2, -0.15) is 0 Å². The third-order valence-electron chi connectivity index (χ3n) is 4.64. The Morgan fingerprint density at radius 1 is 1.12 bits per heavy atom. The lowest BCUT2D eigenvalue weighted by Crippen LogP contribution is -2.48. The molecule has 0 saturated carbocycles. The highest BCUT2D eigenvalue weighted by molar-refractivity contribution is 6.30. The maximum Gasteiger partial charge on any atom is 0.238 e. The predicted octanol–water partition coefficient (Wildman–Crippen LogP) is 3.62. The first-order valence-corrected chi connectivity index (χ1v) is 9.38. The zero-order valence-electron chi connectivity index (χ0n) is 15.3. The molecule has 1 aromatic carbocycles. The molecule has 1 aliphatic heterocycles. The van der Waals surface area contributed by atoms with Crippen LogP contribution in [0.4, 0.5) is 11.5 Å². The normalized spacial score (nSPS) is 15.3. The Kier molecular flexibility index (Phi) is 6.12. The van der Waals surface area contributed by atoms with E-state index in [1.807, 2.05) is 24.3 Å². The van der Waals surface area contributed by atoms with Gasteiger partial charge in [0.05, 0.1) is 11.6 Å². The maximum atomic E-state index is 12.3.